The summed E-state index contributed by atoms with van der Waals surface area (Å²) < 4.78 is 1.30. The van der Waals surface area contributed by atoms with Crippen molar-refractivity contribution in [2.45, 2.75) is 37.8 Å². The van der Waals surface area contributed by atoms with Gasteiger partial charge in [0, 0.05) is 48.8 Å². The molecule has 5 heterocycles. The van der Waals surface area contributed by atoms with Crippen LogP contribution in [0.4, 0.5) is 5.82 Å². The van der Waals surface area contributed by atoms with E-state index in [-0.39, 0.29) is 11.5 Å². The number of likely N-dealkylation sites (tertiary alicyclic amines) is 1. The van der Waals surface area contributed by atoms with E-state index in [0.717, 1.165) is 51.1 Å². The van der Waals surface area contributed by atoms with Crippen LogP contribution in [0, 0.1) is 0 Å². The molecule has 3 aliphatic heterocycles. The van der Waals surface area contributed by atoms with Gasteiger partial charge in [-0.3, -0.25) is 9.69 Å². The second-order valence-electron chi connectivity index (χ2n) is 9.69. The smallest absolute Gasteiger partial charge is 0.337 e. The highest BCUT2D eigenvalue weighted by Gasteiger charge is 2.41. The van der Waals surface area contributed by atoms with Crippen LogP contribution in [0.3, 0.4) is 0 Å². The van der Waals surface area contributed by atoms with E-state index in [1.54, 1.807) is 17.4 Å². The largest absolute Gasteiger partial charge is 0.478 e. The zero-order valence-corrected chi connectivity index (χ0v) is 20.3. The molecule has 1 amide bonds. The number of hydrogen-bond donors (Lipinski definition) is 1. The van der Waals surface area contributed by atoms with Gasteiger partial charge < -0.3 is 14.9 Å². The molecule has 35 heavy (non-hydrogen) atoms. The Hall–Kier alpha value is -3.23. The van der Waals surface area contributed by atoms with Gasteiger partial charge in [-0.25, -0.2) is 9.78 Å². The predicted octanol–water partition coefficient (Wildman–Crippen LogP) is 4.31. The van der Waals surface area contributed by atoms with E-state index >= 15 is 0 Å². The molecule has 0 saturated carbocycles. The lowest BCUT2D eigenvalue weighted by atomic mass is 9.98. The number of nitrogens with zero attached hydrogens (tertiary/aromatic N) is 4. The zero-order valence-electron chi connectivity index (χ0n) is 19.5. The van der Waals surface area contributed by atoms with Crippen molar-refractivity contribution in [3.8, 4) is 0 Å². The van der Waals surface area contributed by atoms with Gasteiger partial charge in [0.2, 0.25) is 5.91 Å². The van der Waals surface area contributed by atoms with Crippen LogP contribution < -0.4 is 4.90 Å². The summed E-state index contributed by atoms with van der Waals surface area (Å²) in [6, 6.07) is 12.6. The minimum Gasteiger partial charge on any atom is -0.478 e. The molecular weight excluding hydrogens is 460 g/mol. The average molecular weight is 489 g/mol. The molecule has 2 fully saturated rings. The van der Waals surface area contributed by atoms with E-state index in [1.807, 2.05) is 11.0 Å². The maximum absolute atomic E-state index is 13.3. The summed E-state index contributed by atoms with van der Waals surface area (Å²) in [5.41, 5.74) is 2.70. The van der Waals surface area contributed by atoms with Crippen LogP contribution in [-0.2, 0) is 4.79 Å². The Bertz CT molecular complexity index is 1290. The zero-order chi connectivity index (χ0) is 23.9. The van der Waals surface area contributed by atoms with Crippen LogP contribution in [0.1, 0.15) is 41.6 Å². The quantitative estimate of drug-likeness (QED) is 0.577. The molecule has 2 atom stereocenters. The monoisotopic (exact) mass is 488 g/mol. The van der Waals surface area contributed by atoms with Gasteiger partial charge in [-0.15, -0.1) is 11.3 Å². The number of fused-ring (bicyclic) bond motifs is 3. The summed E-state index contributed by atoms with van der Waals surface area (Å²) in [5, 5.41) is 12.5. The number of thiophene rings is 1. The second-order valence-corrected chi connectivity index (χ2v) is 10.6. The number of amides is 1. The van der Waals surface area contributed by atoms with Gasteiger partial charge in [-0.2, -0.15) is 0 Å². The number of aromatic carboxylic acids is 1. The highest BCUT2D eigenvalue weighted by atomic mass is 32.1. The molecule has 8 heteroatoms. The number of anilines is 1. The van der Waals surface area contributed by atoms with E-state index in [2.05, 4.69) is 50.6 Å². The van der Waals surface area contributed by atoms with Crippen molar-refractivity contribution in [2.75, 3.05) is 31.1 Å². The molecule has 2 aromatic heterocycles. The first kappa shape index (κ1) is 22.2. The molecule has 1 N–H and O–H groups in total. The Morgan fingerprint density at radius 1 is 1.09 bits per heavy atom. The lowest BCUT2D eigenvalue weighted by molar-refractivity contribution is -0.130. The molecule has 2 unspecified atom stereocenters. The molecule has 0 aliphatic carbocycles. The number of aromatic nitrogens is 1. The van der Waals surface area contributed by atoms with Crippen LogP contribution in [0.25, 0.3) is 15.7 Å². The van der Waals surface area contributed by atoms with Gasteiger partial charge in [0.25, 0.3) is 0 Å². The molecule has 180 valence electrons. The average Bonchev–Trinajstić information content (AvgIpc) is 3.46. The number of carbonyl (C=O) groups is 2. The lowest BCUT2D eigenvalue weighted by Gasteiger charge is -2.42. The number of rotatable bonds is 5. The Kier molecular flexibility index (Phi) is 5.78. The number of hydrogen-bond acceptors (Lipinski definition) is 6. The Morgan fingerprint density at radius 2 is 1.91 bits per heavy atom. The highest BCUT2D eigenvalue weighted by molar-refractivity contribution is 7.17. The first-order valence-corrected chi connectivity index (χ1v) is 13.1. The Morgan fingerprint density at radius 3 is 2.66 bits per heavy atom. The molecule has 1 aromatic carbocycles. The molecule has 3 aromatic rings. The molecule has 3 aliphatic rings. The summed E-state index contributed by atoms with van der Waals surface area (Å²) in [6.45, 7) is 2.85. The standard InChI is InChI=1S/C27H28N4O3S/c32-25(30-11-2-4-20(14-30)23-5-1-3-18-10-12-35-26(18)23)17-29-15-21-7-8-22(16-29)31(21)24-9-6-19(13-28-24)27(33)34/h1,3,5-6,9-10,12-14,21-22H,2,4,7-8,11,15-17H2,(H,33,34). The van der Waals surface area contributed by atoms with E-state index < -0.39 is 5.97 Å². The summed E-state index contributed by atoms with van der Waals surface area (Å²) in [6.07, 6.45) is 7.63. The van der Waals surface area contributed by atoms with Crippen LogP contribution in [0.2, 0.25) is 0 Å². The molecule has 0 radical (unpaired) electrons. The van der Waals surface area contributed by atoms with Gasteiger partial charge in [0.1, 0.15) is 5.82 Å². The molecular formula is C27H28N4O3S. The number of pyridine rings is 1. The summed E-state index contributed by atoms with van der Waals surface area (Å²) >= 11 is 1.76. The van der Waals surface area contributed by atoms with Gasteiger partial charge >= 0.3 is 5.97 Å². The van der Waals surface area contributed by atoms with Crippen LogP contribution in [0.5, 0.6) is 0 Å². The molecule has 2 bridgehead atoms. The number of carbonyl (C=O) groups excluding carboxylic acids is 1. The fourth-order valence-corrected chi connectivity index (χ4v) is 6.79. The van der Waals surface area contributed by atoms with Gasteiger partial charge in [0.05, 0.1) is 12.1 Å². The minimum absolute atomic E-state index is 0.164. The maximum atomic E-state index is 13.3. The van der Waals surface area contributed by atoms with E-state index in [0.29, 0.717) is 18.6 Å². The summed E-state index contributed by atoms with van der Waals surface area (Å²) in [5.74, 6) is 0.0366. The normalized spacial score (nSPS) is 22.5. The number of carboxylic acid groups (broad SMARTS) is 1. The molecule has 0 spiro atoms. The number of allylic oxidation sites excluding steroid dienone is 1. The fraction of sp³-hybridized carbons (Fsp3) is 0.370. The van der Waals surface area contributed by atoms with Crippen LogP contribution >= 0.6 is 11.3 Å². The second kappa shape index (κ2) is 9.09. The Labute approximate surface area is 208 Å². The van der Waals surface area contributed by atoms with E-state index in [1.165, 1.54) is 27.4 Å². The molecule has 2 saturated heterocycles. The third kappa shape index (κ3) is 4.21. The first-order valence-electron chi connectivity index (χ1n) is 12.2. The van der Waals surface area contributed by atoms with Gasteiger partial charge in [0.15, 0.2) is 0 Å². The van der Waals surface area contributed by atoms with E-state index in [9.17, 15) is 9.59 Å². The van der Waals surface area contributed by atoms with Crippen LogP contribution in [0.15, 0.2) is 54.2 Å². The van der Waals surface area contributed by atoms with Gasteiger partial charge in [-0.05, 0) is 65.8 Å². The number of piperazine rings is 1. The van der Waals surface area contributed by atoms with Crippen molar-refractivity contribution in [2.24, 2.45) is 0 Å². The van der Waals surface area contributed by atoms with E-state index in [4.69, 9.17) is 5.11 Å². The van der Waals surface area contributed by atoms with Crippen molar-refractivity contribution in [1.82, 2.24) is 14.8 Å². The summed E-state index contributed by atoms with van der Waals surface area (Å²) in [4.78, 5) is 35.4. The first-order chi connectivity index (χ1) is 17.1. The Balaban J connectivity index is 1.14. The molecule has 7 nitrogen and oxygen atoms in total. The van der Waals surface area contributed by atoms with Crippen molar-refractivity contribution < 1.29 is 14.7 Å². The van der Waals surface area contributed by atoms with Crippen molar-refractivity contribution in [3.05, 3.63) is 65.3 Å². The van der Waals surface area contributed by atoms with Crippen molar-refractivity contribution >= 4 is 44.7 Å². The number of benzene rings is 1. The predicted molar refractivity (Wildman–Crippen MR) is 138 cm³/mol. The SMILES string of the molecule is O=C(O)c1ccc(N2C3CCC2CN(CC(=O)N2C=C(c4cccc5ccsc45)CCC2)C3)nc1. The van der Waals surface area contributed by atoms with Crippen molar-refractivity contribution in [3.63, 3.8) is 0 Å². The third-order valence-electron chi connectivity index (χ3n) is 7.48. The van der Waals surface area contributed by atoms with Crippen molar-refractivity contribution in [1.29, 1.82) is 0 Å². The fourth-order valence-electron chi connectivity index (χ4n) is 5.84. The van der Waals surface area contributed by atoms with Crippen LogP contribution in [-0.4, -0.2) is 70.0 Å². The number of carboxylic acids is 1. The maximum Gasteiger partial charge on any atom is 0.337 e. The lowest BCUT2D eigenvalue weighted by Crippen LogP contribution is -2.56. The highest BCUT2D eigenvalue weighted by Crippen LogP contribution is 2.35. The minimum atomic E-state index is -0.961. The third-order valence-corrected chi connectivity index (χ3v) is 8.44. The topological polar surface area (TPSA) is 77.0 Å². The summed E-state index contributed by atoms with van der Waals surface area (Å²) in [7, 11) is 0. The van der Waals surface area contributed by atoms with Gasteiger partial charge in [-0.1, -0.05) is 18.2 Å². The molecule has 6 rings (SSSR count).